The Labute approximate surface area is 143 Å². The fourth-order valence-corrected chi connectivity index (χ4v) is 2.59. The van der Waals surface area contributed by atoms with Crippen molar-refractivity contribution in [3.63, 3.8) is 0 Å². The van der Waals surface area contributed by atoms with E-state index >= 15 is 0 Å². The van der Waals surface area contributed by atoms with Crippen molar-refractivity contribution in [1.29, 1.82) is 0 Å². The summed E-state index contributed by atoms with van der Waals surface area (Å²) in [5, 5.41) is 7.23. The van der Waals surface area contributed by atoms with Crippen LogP contribution in [0, 0.1) is 13.8 Å². The molecule has 0 saturated heterocycles. The summed E-state index contributed by atoms with van der Waals surface area (Å²) in [6.07, 6.45) is 3.68. The van der Waals surface area contributed by atoms with Crippen molar-refractivity contribution in [1.82, 2.24) is 15.2 Å². The third-order valence-corrected chi connectivity index (χ3v) is 4.04. The van der Waals surface area contributed by atoms with Crippen LogP contribution in [-0.4, -0.2) is 35.6 Å². The number of pyridine rings is 1. The van der Waals surface area contributed by atoms with Gasteiger partial charge < -0.3 is 15.5 Å². The molecule has 0 spiro atoms. The Morgan fingerprint density at radius 3 is 2.70 bits per heavy atom. The van der Waals surface area contributed by atoms with Gasteiger partial charge in [-0.25, -0.2) is 0 Å². The summed E-state index contributed by atoms with van der Waals surface area (Å²) >= 11 is 5.44. The lowest BCUT2D eigenvalue weighted by Crippen LogP contribution is -2.36. The van der Waals surface area contributed by atoms with Crippen molar-refractivity contribution >= 4 is 23.0 Å². The number of aryl methyl sites for hydroxylation is 2. The van der Waals surface area contributed by atoms with Crippen LogP contribution in [0.1, 0.15) is 22.7 Å². The van der Waals surface area contributed by atoms with E-state index in [1.54, 1.807) is 6.20 Å². The molecule has 23 heavy (non-hydrogen) atoms. The number of thiocarbonyl (C=S) groups is 1. The first-order valence-electron chi connectivity index (χ1n) is 7.66. The molecule has 2 N–H and O–H groups in total. The molecule has 0 unspecified atom stereocenters. The Hall–Kier alpha value is -1.98. The minimum absolute atomic E-state index is 0.210. The summed E-state index contributed by atoms with van der Waals surface area (Å²) in [6, 6.07) is 10.6. The summed E-state index contributed by atoms with van der Waals surface area (Å²) in [7, 11) is 4.11. The SMILES string of the molecule is Cc1ccc(C)c(NC(=S)NC[C@H](c2cccnc2)N(C)C)c1. The maximum atomic E-state index is 5.44. The van der Waals surface area contributed by atoms with Crippen LogP contribution in [-0.2, 0) is 0 Å². The van der Waals surface area contributed by atoms with Crippen LogP contribution in [0.4, 0.5) is 5.69 Å². The van der Waals surface area contributed by atoms with Gasteiger partial charge in [0.05, 0.1) is 6.04 Å². The number of rotatable bonds is 5. The van der Waals surface area contributed by atoms with Gasteiger partial charge in [0.2, 0.25) is 0 Å². The zero-order valence-electron chi connectivity index (χ0n) is 14.1. The Bertz CT molecular complexity index is 655. The van der Waals surface area contributed by atoms with Gasteiger partial charge in [0.15, 0.2) is 5.11 Å². The molecule has 2 rings (SSSR count). The first kappa shape index (κ1) is 17.4. The van der Waals surface area contributed by atoms with E-state index < -0.39 is 0 Å². The monoisotopic (exact) mass is 328 g/mol. The minimum atomic E-state index is 0.210. The molecule has 1 atom stereocenters. The Kier molecular flexibility index (Phi) is 6.07. The molecule has 0 aliphatic carbocycles. The van der Waals surface area contributed by atoms with Crippen molar-refractivity contribution in [2.24, 2.45) is 0 Å². The number of hydrogen-bond acceptors (Lipinski definition) is 3. The summed E-state index contributed by atoms with van der Waals surface area (Å²) in [4.78, 5) is 6.36. The second-order valence-corrected chi connectivity index (χ2v) is 6.33. The molecule has 0 aliphatic heterocycles. The number of nitrogens with zero attached hydrogens (tertiary/aromatic N) is 2. The second-order valence-electron chi connectivity index (χ2n) is 5.92. The van der Waals surface area contributed by atoms with E-state index in [0.717, 1.165) is 12.2 Å². The average molecular weight is 328 g/mol. The van der Waals surface area contributed by atoms with E-state index in [0.29, 0.717) is 5.11 Å². The lowest BCUT2D eigenvalue weighted by molar-refractivity contribution is 0.298. The highest BCUT2D eigenvalue weighted by Gasteiger charge is 2.14. The normalized spacial score (nSPS) is 12.0. The topological polar surface area (TPSA) is 40.2 Å². The van der Waals surface area contributed by atoms with Gasteiger partial charge in [-0.2, -0.15) is 0 Å². The molecule has 0 radical (unpaired) electrons. The lowest BCUT2D eigenvalue weighted by atomic mass is 10.1. The number of anilines is 1. The molecular weight excluding hydrogens is 304 g/mol. The summed E-state index contributed by atoms with van der Waals surface area (Å²) in [5.41, 5.74) is 4.60. The molecule has 0 bridgehead atoms. The standard InChI is InChI=1S/C18H24N4S/c1-13-7-8-14(2)16(10-13)21-18(23)20-12-17(22(3)4)15-6-5-9-19-11-15/h5-11,17H,12H2,1-4H3,(H2,20,21,23)/t17-/m1/s1. The highest BCUT2D eigenvalue weighted by atomic mass is 32.1. The molecule has 1 aromatic carbocycles. The summed E-state index contributed by atoms with van der Waals surface area (Å²) < 4.78 is 0. The van der Waals surface area contributed by atoms with Crippen LogP contribution in [0.2, 0.25) is 0 Å². The highest BCUT2D eigenvalue weighted by Crippen LogP contribution is 2.17. The number of benzene rings is 1. The molecule has 5 heteroatoms. The molecule has 1 heterocycles. The van der Waals surface area contributed by atoms with Crippen LogP contribution in [0.25, 0.3) is 0 Å². The molecular formula is C18H24N4S. The maximum Gasteiger partial charge on any atom is 0.170 e. The van der Waals surface area contributed by atoms with Gasteiger partial charge in [-0.3, -0.25) is 4.98 Å². The lowest BCUT2D eigenvalue weighted by Gasteiger charge is -2.25. The van der Waals surface area contributed by atoms with Crippen molar-refractivity contribution < 1.29 is 0 Å². The number of nitrogens with one attached hydrogen (secondary N) is 2. The fraction of sp³-hybridized carbons (Fsp3) is 0.333. The van der Waals surface area contributed by atoms with Gasteiger partial charge in [0.25, 0.3) is 0 Å². The predicted octanol–water partition coefficient (Wildman–Crippen LogP) is 3.29. The number of hydrogen-bond donors (Lipinski definition) is 2. The van der Waals surface area contributed by atoms with E-state index in [4.69, 9.17) is 12.2 Å². The number of aromatic nitrogens is 1. The quantitative estimate of drug-likeness (QED) is 0.824. The van der Waals surface area contributed by atoms with Crippen LogP contribution >= 0.6 is 12.2 Å². The Morgan fingerprint density at radius 2 is 2.04 bits per heavy atom. The zero-order valence-corrected chi connectivity index (χ0v) is 14.9. The zero-order chi connectivity index (χ0) is 16.8. The van der Waals surface area contributed by atoms with Crippen molar-refractivity contribution in [3.8, 4) is 0 Å². The van der Waals surface area contributed by atoms with Crippen LogP contribution in [0.15, 0.2) is 42.7 Å². The van der Waals surface area contributed by atoms with Crippen LogP contribution < -0.4 is 10.6 Å². The molecule has 0 amide bonds. The maximum absolute atomic E-state index is 5.44. The molecule has 2 aromatic rings. The van der Waals surface area contributed by atoms with Gasteiger partial charge in [-0.05, 0) is 69.0 Å². The molecule has 0 aliphatic rings. The van der Waals surface area contributed by atoms with Gasteiger partial charge in [-0.15, -0.1) is 0 Å². The van der Waals surface area contributed by atoms with Gasteiger partial charge in [0, 0.05) is 24.6 Å². The van der Waals surface area contributed by atoms with Gasteiger partial charge in [-0.1, -0.05) is 18.2 Å². The van der Waals surface area contributed by atoms with E-state index in [1.807, 2.05) is 12.3 Å². The highest BCUT2D eigenvalue weighted by molar-refractivity contribution is 7.80. The number of likely N-dealkylation sites (N-methyl/N-ethyl adjacent to an activating group) is 1. The second kappa shape index (κ2) is 8.04. The van der Waals surface area contributed by atoms with Gasteiger partial charge >= 0.3 is 0 Å². The molecule has 1 aromatic heterocycles. The fourth-order valence-electron chi connectivity index (χ4n) is 2.40. The molecule has 122 valence electrons. The third kappa shape index (κ3) is 5.01. The van der Waals surface area contributed by atoms with E-state index in [-0.39, 0.29) is 6.04 Å². The third-order valence-electron chi connectivity index (χ3n) is 3.79. The largest absolute Gasteiger partial charge is 0.361 e. The van der Waals surface area contributed by atoms with Crippen LogP contribution in [0.3, 0.4) is 0 Å². The van der Waals surface area contributed by atoms with Crippen LogP contribution in [0.5, 0.6) is 0 Å². The van der Waals surface area contributed by atoms with E-state index in [9.17, 15) is 0 Å². The summed E-state index contributed by atoms with van der Waals surface area (Å²) in [5.74, 6) is 0. The predicted molar refractivity (Wildman–Crippen MR) is 101 cm³/mol. The van der Waals surface area contributed by atoms with Crippen molar-refractivity contribution in [3.05, 3.63) is 59.4 Å². The summed E-state index contributed by atoms with van der Waals surface area (Å²) in [6.45, 7) is 4.86. The Morgan fingerprint density at radius 1 is 1.26 bits per heavy atom. The van der Waals surface area contributed by atoms with Crippen molar-refractivity contribution in [2.75, 3.05) is 26.0 Å². The first-order chi connectivity index (χ1) is 11.0. The van der Waals surface area contributed by atoms with Gasteiger partial charge in [0.1, 0.15) is 0 Å². The smallest absolute Gasteiger partial charge is 0.170 e. The molecule has 0 saturated carbocycles. The average Bonchev–Trinajstić information content (AvgIpc) is 2.52. The van der Waals surface area contributed by atoms with Crippen molar-refractivity contribution in [2.45, 2.75) is 19.9 Å². The van der Waals surface area contributed by atoms with E-state index in [1.165, 1.54) is 16.7 Å². The first-order valence-corrected chi connectivity index (χ1v) is 8.06. The van der Waals surface area contributed by atoms with E-state index in [2.05, 4.69) is 72.7 Å². The minimum Gasteiger partial charge on any atom is -0.361 e. The molecule has 0 fully saturated rings. The molecule has 4 nitrogen and oxygen atoms in total. The Balaban J connectivity index is 1.98.